The first kappa shape index (κ1) is 15.0. The first-order valence-electron chi connectivity index (χ1n) is 7.93. The number of nitrogens with zero attached hydrogens (tertiary/aromatic N) is 1. The van der Waals surface area contributed by atoms with Gasteiger partial charge in [-0.05, 0) is 69.3 Å². The Labute approximate surface area is 135 Å². The number of nitrogens with one attached hydrogen (secondary N) is 1. The second kappa shape index (κ2) is 6.49. The number of aryl methyl sites for hydroxylation is 1. The van der Waals surface area contributed by atoms with E-state index < -0.39 is 0 Å². The van der Waals surface area contributed by atoms with Gasteiger partial charge < -0.3 is 10.2 Å². The van der Waals surface area contributed by atoms with E-state index in [1.807, 2.05) is 25.1 Å². The van der Waals surface area contributed by atoms with E-state index in [2.05, 4.69) is 26.1 Å². The molecule has 0 radical (unpaired) electrons. The largest absolute Gasteiger partial charge is 0.335 e. The van der Waals surface area contributed by atoms with Gasteiger partial charge in [-0.25, -0.2) is 0 Å². The highest BCUT2D eigenvalue weighted by molar-refractivity contribution is 9.10. The van der Waals surface area contributed by atoms with E-state index in [1.54, 1.807) is 0 Å². The molecule has 1 atom stereocenters. The van der Waals surface area contributed by atoms with Crippen molar-refractivity contribution in [3.63, 3.8) is 0 Å². The van der Waals surface area contributed by atoms with Crippen LogP contribution in [0.5, 0.6) is 0 Å². The molecule has 1 saturated carbocycles. The molecule has 1 amide bonds. The summed E-state index contributed by atoms with van der Waals surface area (Å²) < 4.78 is 1.02. The molecule has 4 heteroatoms. The van der Waals surface area contributed by atoms with E-state index in [0.29, 0.717) is 12.0 Å². The zero-order chi connectivity index (χ0) is 14.8. The van der Waals surface area contributed by atoms with Gasteiger partial charge in [-0.15, -0.1) is 0 Å². The van der Waals surface area contributed by atoms with Crippen molar-refractivity contribution in [2.24, 2.45) is 5.92 Å². The van der Waals surface area contributed by atoms with Crippen molar-refractivity contribution in [2.45, 2.75) is 38.6 Å². The molecule has 1 heterocycles. The predicted octanol–water partition coefficient (Wildman–Crippen LogP) is 3.36. The molecule has 1 unspecified atom stereocenters. The fourth-order valence-corrected chi connectivity index (χ4v) is 3.41. The average Bonchev–Trinajstić information content (AvgIpc) is 3.33. The van der Waals surface area contributed by atoms with Crippen LogP contribution in [0, 0.1) is 12.8 Å². The summed E-state index contributed by atoms with van der Waals surface area (Å²) >= 11 is 3.53. The summed E-state index contributed by atoms with van der Waals surface area (Å²) in [5.74, 6) is 0.806. The Bertz CT molecular complexity index is 522. The molecule has 2 fully saturated rings. The molecule has 1 aromatic rings. The molecule has 21 heavy (non-hydrogen) atoms. The Hall–Kier alpha value is -0.870. The van der Waals surface area contributed by atoms with Crippen molar-refractivity contribution in [1.82, 2.24) is 10.2 Å². The van der Waals surface area contributed by atoms with Crippen molar-refractivity contribution < 1.29 is 4.79 Å². The topological polar surface area (TPSA) is 32.3 Å². The van der Waals surface area contributed by atoms with Crippen LogP contribution in [0.25, 0.3) is 0 Å². The summed E-state index contributed by atoms with van der Waals surface area (Å²) in [5, 5.41) is 3.45. The monoisotopic (exact) mass is 350 g/mol. The van der Waals surface area contributed by atoms with Gasteiger partial charge in [0.15, 0.2) is 0 Å². The molecule has 1 N–H and O–H groups in total. The number of carbonyl (C=O) groups is 1. The van der Waals surface area contributed by atoms with Crippen LogP contribution >= 0.6 is 15.9 Å². The average molecular weight is 351 g/mol. The number of amides is 1. The molecular weight excluding hydrogens is 328 g/mol. The lowest BCUT2D eigenvalue weighted by molar-refractivity contribution is 0.0704. The Morgan fingerprint density at radius 1 is 1.38 bits per heavy atom. The number of hydrogen-bond acceptors (Lipinski definition) is 2. The van der Waals surface area contributed by atoms with Crippen LogP contribution in [0.3, 0.4) is 0 Å². The van der Waals surface area contributed by atoms with Crippen molar-refractivity contribution in [1.29, 1.82) is 0 Å². The molecule has 0 bridgehead atoms. The standard InChI is InChI=1S/C17H23BrN2O/c1-12-4-5-14(9-16(12)18)17(21)20(15-6-7-15)11-13-3-2-8-19-10-13/h4-5,9,13,15,19H,2-3,6-8,10-11H2,1H3. The summed E-state index contributed by atoms with van der Waals surface area (Å²) in [6.45, 7) is 5.12. The van der Waals surface area contributed by atoms with E-state index in [-0.39, 0.29) is 5.91 Å². The first-order valence-corrected chi connectivity index (χ1v) is 8.72. The van der Waals surface area contributed by atoms with Gasteiger partial charge in [-0.1, -0.05) is 22.0 Å². The second-order valence-corrected chi connectivity index (χ2v) is 7.22. The lowest BCUT2D eigenvalue weighted by atomic mass is 9.98. The molecule has 114 valence electrons. The molecule has 0 spiro atoms. The third kappa shape index (κ3) is 3.67. The summed E-state index contributed by atoms with van der Waals surface area (Å²) in [7, 11) is 0. The Morgan fingerprint density at radius 2 is 2.19 bits per heavy atom. The molecule has 2 aliphatic rings. The van der Waals surface area contributed by atoms with Gasteiger partial charge in [0.25, 0.3) is 5.91 Å². The first-order chi connectivity index (χ1) is 10.1. The highest BCUT2D eigenvalue weighted by Gasteiger charge is 2.34. The van der Waals surface area contributed by atoms with E-state index in [1.165, 1.54) is 31.2 Å². The highest BCUT2D eigenvalue weighted by atomic mass is 79.9. The minimum Gasteiger partial charge on any atom is -0.335 e. The van der Waals surface area contributed by atoms with E-state index in [0.717, 1.165) is 29.7 Å². The van der Waals surface area contributed by atoms with Crippen molar-refractivity contribution in [3.05, 3.63) is 33.8 Å². The Kier molecular flexibility index (Phi) is 4.65. The fourth-order valence-electron chi connectivity index (χ4n) is 3.03. The molecule has 1 aliphatic carbocycles. The predicted molar refractivity (Wildman–Crippen MR) is 88.5 cm³/mol. The minimum absolute atomic E-state index is 0.198. The Balaban J connectivity index is 1.73. The van der Waals surface area contributed by atoms with Crippen LogP contribution in [-0.4, -0.2) is 36.5 Å². The van der Waals surface area contributed by atoms with Crippen molar-refractivity contribution in [2.75, 3.05) is 19.6 Å². The molecule has 0 aromatic heterocycles. The number of piperidine rings is 1. The van der Waals surface area contributed by atoms with E-state index >= 15 is 0 Å². The number of carbonyl (C=O) groups excluding carboxylic acids is 1. The second-order valence-electron chi connectivity index (χ2n) is 6.37. The van der Waals surface area contributed by atoms with Crippen LogP contribution in [0.2, 0.25) is 0 Å². The molecular formula is C17H23BrN2O. The van der Waals surface area contributed by atoms with Gasteiger partial charge in [0.2, 0.25) is 0 Å². The zero-order valence-electron chi connectivity index (χ0n) is 12.6. The SMILES string of the molecule is Cc1ccc(C(=O)N(CC2CCCNC2)C2CC2)cc1Br. The number of hydrogen-bond donors (Lipinski definition) is 1. The molecule has 1 aromatic carbocycles. The third-order valence-corrected chi connectivity index (χ3v) is 5.38. The summed E-state index contributed by atoms with van der Waals surface area (Å²) in [6.07, 6.45) is 4.80. The summed E-state index contributed by atoms with van der Waals surface area (Å²) in [5.41, 5.74) is 1.98. The number of rotatable bonds is 4. The van der Waals surface area contributed by atoms with E-state index in [9.17, 15) is 4.79 Å². The molecule has 1 aliphatic heterocycles. The van der Waals surface area contributed by atoms with Gasteiger partial charge in [-0.3, -0.25) is 4.79 Å². The minimum atomic E-state index is 0.198. The maximum atomic E-state index is 12.8. The third-order valence-electron chi connectivity index (χ3n) is 4.52. The maximum absolute atomic E-state index is 12.8. The van der Waals surface area contributed by atoms with Gasteiger partial charge in [0.05, 0.1) is 0 Å². The lowest BCUT2D eigenvalue weighted by Crippen LogP contribution is -2.42. The summed E-state index contributed by atoms with van der Waals surface area (Å²) in [6, 6.07) is 6.41. The van der Waals surface area contributed by atoms with E-state index in [4.69, 9.17) is 0 Å². The Morgan fingerprint density at radius 3 is 2.81 bits per heavy atom. The van der Waals surface area contributed by atoms with Crippen LogP contribution in [0.1, 0.15) is 41.6 Å². The van der Waals surface area contributed by atoms with Crippen LogP contribution < -0.4 is 5.32 Å². The highest BCUT2D eigenvalue weighted by Crippen LogP contribution is 2.30. The fraction of sp³-hybridized carbons (Fsp3) is 0.588. The van der Waals surface area contributed by atoms with Crippen LogP contribution in [-0.2, 0) is 0 Å². The van der Waals surface area contributed by atoms with Gasteiger partial charge in [-0.2, -0.15) is 0 Å². The van der Waals surface area contributed by atoms with Gasteiger partial charge in [0.1, 0.15) is 0 Å². The summed E-state index contributed by atoms with van der Waals surface area (Å²) in [4.78, 5) is 15.0. The smallest absolute Gasteiger partial charge is 0.254 e. The normalized spacial score (nSPS) is 22.1. The maximum Gasteiger partial charge on any atom is 0.254 e. The number of benzene rings is 1. The van der Waals surface area contributed by atoms with Gasteiger partial charge >= 0.3 is 0 Å². The lowest BCUT2D eigenvalue weighted by Gasteiger charge is -2.30. The van der Waals surface area contributed by atoms with Crippen LogP contribution in [0.4, 0.5) is 0 Å². The zero-order valence-corrected chi connectivity index (χ0v) is 14.2. The number of halogens is 1. The quantitative estimate of drug-likeness (QED) is 0.902. The van der Waals surface area contributed by atoms with Gasteiger partial charge in [0, 0.05) is 22.6 Å². The molecule has 3 nitrogen and oxygen atoms in total. The molecule has 1 saturated heterocycles. The molecule has 3 rings (SSSR count). The van der Waals surface area contributed by atoms with Crippen LogP contribution in [0.15, 0.2) is 22.7 Å². The van der Waals surface area contributed by atoms with Crippen molar-refractivity contribution >= 4 is 21.8 Å². The van der Waals surface area contributed by atoms with Crippen molar-refractivity contribution in [3.8, 4) is 0 Å².